The second-order valence-electron chi connectivity index (χ2n) is 0.396. The normalized spacial score (nSPS) is 10.0. The Morgan fingerprint density at radius 1 is 1.17 bits per heavy atom. The molecule has 0 atom stereocenters. The van der Waals surface area contributed by atoms with Gasteiger partial charge in [-0.1, -0.05) is 0 Å². The molecular weight excluding hydrogens is 237 g/mol. The molecule has 0 unspecified atom stereocenters. The Morgan fingerprint density at radius 3 is 1.17 bits per heavy atom. The number of hydrogen-bond acceptors (Lipinski definition) is 4. The molecule has 0 aliphatic rings. The van der Waals surface area contributed by atoms with Crippen LogP contribution in [-0.4, -0.2) is 53.5 Å². The van der Waals surface area contributed by atoms with Crippen LogP contribution in [0.2, 0.25) is 0 Å². The first-order chi connectivity index (χ1) is 2.00. The summed E-state index contributed by atoms with van der Waals surface area (Å²) in [6.07, 6.45) is 0. The van der Waals surface area contributed by atoms with Crippen LogP contribution in [0.15, 0.2) is 0 Å². The molecule has 0 aliphatic heterocycles. The van der Waals surface area contributed by atoms with Crippen molar-refractivity contribution in [3.8, 4) is 0 Å². The van der Waals surface area contributed by atoms with E-state index < -0.39 is 10.2 Å². The van der Waals surface area contributed by atoms with Crippen molar-refractivity contribution < 1.29 is 28.9 Å². The largest absolute Gasteiger partial charge is 0.183 e. The molecule has 0 aliphatic carbocycles. The molecule has 4 nitrogen and oxygen atoms in total. The Labute approximate surface area is 76.6 Å². The Hall–Kier alpha value is 1.70. The number of hydrogen-bond donors (Lipinski definition) is 1. The molecule has 1 N–H and O–H groups in total. The predicted molar refractivity (Wildman–Crippen MR) is 7.97 cm³/mol. The summed E-state index contributed by atoms with van der Waals surface area (Å²) in [5.74, 6) is 0. The van der Waals surface area contributed by atoms with Crippen LogP contribution in [0.3, 0.4) is 0 Å². The van der Waals surface area contributed by atoms with Crippen molar-refractivity contribution in [2.45, 2.75) is 0 Å². The fourth-order valence-electron chi connectivity index (χ4n) is 0. The Balaban J connectivity index is 0. The van der Waals surface area contributed by atoms with Crippen LogP contribution in [0, 0.1) is 10.2 Å². The van der Waals surface area contributed by atoms with E-state index in [1.807, 2.05) is 0 Å². The van der Waals surface area contributed by atoms with Crippen LogP contribution in [0.4, 0.5) is 0 Å². The van der Waals surface area contributed by atoms with Gasteiger partial charge in [-0.3, -0.25) is 0 Å². The molecule has 6 heteroatoms. The average Bonchev–Trinajstić information content (AvgIpc) is 0.722. The number of rotatable bonds is 0. The van der Waals surface area contributed by atoms with Crippen LogP contribution < -0.4 is 14.0 Å². The van der Waals surface area contributed by atoms with E-state index in [1.54, 1.807) is 0 Å². The SMILES string of the molecule is [Ba].[O-][Cl+3]([O-])([O-])O. The van der Waals surface area contributed by atoms with E-state index in [4.69, 9.17) is 18.6 Å². The standard InChI is InChI=1S/Ba.ClHO4/c;2-1(3,4)5/h;(H,2,3,4,5). The van der Waals surface area contributed by atoms with Gasteiger partial charge in [0.15, 0.2) is 0 Å². The molecule has 0 amide bonds. The molecule has 0 bridgehead atoms. The third kappa shape index (κ3) is 43.5. The van der Waals surface area contributed by atoms with E-state index in [9.17, 15) is 0 Å². The Bertz CT molecular complexity index is 23.0. The monoisotopic (exact) mass is 238 g/mol. The number of halogens is 1. The van der Waals surface area contributed by atoms with Crippen LogP contribution in [0.1, 0.15) is 0 Å². The van der Waals surface area contributed by atoms with Gasteiger partial charge in [-0.25, -0.2) is 0 Å². The van der Waals surface area contributed by atoms with Crippen LogP contribution in [-0.2, 0) is 0 Å². The molecule has 0 fully saturated rings. The molecule has 0 saturated carbocycles. The van der Waals surface area contributed by atoms with Gasteiger partial charge < -0.3 is 0 Å². The molecular formula is HBaClO4. The summed E-state index contributed by atoms with van der Waals surface area (Å²) < 4.78 is 32.7. The molecule has 0 saturated heterocycles. The predicted octanol–water partition coefficient (Wildman–Crippen LogP) is -4.50. The third-order valence-corrected chi connectivity index (χ3v) is 0. The summed E-state index contributed by atoms with van der Waals surface area (Å²) in [5.41, 5.74) is 0. The molecule has 0 aromatic rings. The summed E-state index contributed by atoms with van der Waals surface area (Å²) in [7, 11) is -4.69. The van der Waals surface area contributed by atoms with E-state index in [-0.39, 0.29) is 48.9 Å². The van der Waals surface area contributed by atoms with Crippen molar-refractivity contribution >= 4 is 48.9 Å². The molecule has 0 heterocycles. The first-order valence-electron chi connectivity index (χ1n) is 0.632. The molecule has 34 valence electrons. The molecule has 0 spiro atoms. The van der Waals surface area contributed by atoms with Gasteiger partial charge >= 0.3 is 0 Å². The van der Waals surface area contributed by atoms with Gasteiger partial charge in [-0.2, -0.15) is 14.0 Å². The third-order valence-electron chi connectivity index (χ3n) is 0. The smallest absolute Gasteiger partial charge is 0.0777 e. The van der Waals surface area contributed by atoms with Gasteiger partial charge in [0.1, 0.15) is 0 Å². The molecule has 2 radical (unpaired) electrons. The summed E-state index contributed by atoms with van der Waals surface area (Å²) in [6.45, 7) is 0. The van der Waals surface area contributed by atoms with Gasteiger partial charge in [-0.05, 0) is 0 Å². The van der Waals surface area contributed by atoms with E-state index in [2.05, 4.69) is 0 Å². The van der Waals surface area contributed by atoms with Crippen molar-refractivity contribution in [1.82, 2.24) is 0 Å². The minimum Gasteiger partial charge on any atom is -0.183 e. The summed E-state index contributed by atoms with van der Waals surface area (Å²) >= 11 is 0. The first-order valence-corrected chi connectivity index (χ1v) is 1.90. The van der Waals surface area contributed by atoms with Gasteiger partial charge in [0.2, 0.25) is 0 Å². The van der Waals surface area contributed by atoms with E-state index >= 15 is 0 Å². The zero-order valence-electron chi connectivity index (χ0n) is 2.76. The van der Waals surface area contributed by atoms with Gasteiger partial charge in [0, 0.05) is 48.9 Å². The van der Waals surface area contributed by atoms with Gasteiger partial charge in [-0.15, -0.1) is 0 Å². The van der Waals surface area contributed by atoms with E-state index in [0.29, 0.717) is 0 Å². The Kier molecular flexibility index (Phi) is 6.51. The summed E-state index contributed by atoms with van der Waals surface area (Å²) in [6, 6.07) is 0. The van der Waals surface area contributed by atoms with Gasteiger partial charge in [0.25, 0.3) is 0 Å². The molecule has 0 aromatic heterocycles. The second-order valence-corrected chi connectivity index (χ2v) is 1.19. The van der Waals surface area contributed by atoms with E-state index in [0.717, 1.165) is 0 Å². The van der Waals surface area contributed by atoms with Crippen LogP contribution in [0.25, 0.3) is 0 Å². The fourth-order valence-corrected chi connectivity index (χ4v) is 0. The van der Waals surface area contributed by atoms with Crippen LogP contribution >= 0.6 is 0 Å². The molecule has 0 aromatic carbocycles. The van der Waals surface area contributed by atoms with Crippen molar-refractivity contribution in [3.63, 3.8) is 0 Å². The topological polar surface area (TPSA) is 89.4 Å². The molecule has 0 rings (SSSR count). The van der Waals surface area contributed by atoms with Crippen molar-refractivity contribution in [2.24, 2.45) is 0 Å². The molecule has 6 heavy (non-hydrogen) atoms. The van der Waals surface area contributed by atoms with Crippen LogP contribution in [0.5, 0.6) is 0 Å². The average molecular weight is 238 g/mol. The van der Waals surface area contributed by atoms with Gasteiger partial charge in [0.05, 0.1) is 14.9 Å². The fraction of sp³-hybridized carbons (Fsp3) is 0. The first kappa shape index (κ1) is 10.6. The van der Waals surface area contributed by atoms with Crippen molar-refractivity contribution in [1.29, 1.82) is 0 Å². The minimum absolute atomic E-state index is 0. The summed E-state index contributed by atoms with van der Waals surface area (Å²) in [5, 5.41) is 0. The maximum atomic E-state index is 8.60. The minimum atomic E-state index is -4.69. The summed E-state index contributed by atoms with van der Waals surface area (Å²) in [4.78, 5) is 0. The second kappa shape index (κ2) is 3.67. The van der Waals surface area contributed by atoms with Crippen molar-refractivity contribution in [2.75, 3.05) is 0 Å². The van der Waals surface area contributed by atoms with E-state index in [1.165, 1.54) is 0 Å². The Morgan fingerprint density at radius 2 is 1.17 bits per heavy atom. The maximum Gasteiger partial charge on any atom is 0.0777 e. The zero-order chi connectivity index (χ0) is 4.50. The zero-order valence-corrected chi connectivity index (χ0v) is 7.95. The maximum absolute atomic E-state index is 8.60. The van der Waals surface area contributed by atoms with Crippen molar-refractivity contribution in [3.05, 3.63) is 0 Å². The quantitative estimate of drug-likeness (QED) is 0.430.